The van der Waals surface area contributed by atoms with Gasteiger partial charge in [-0.25, -0.2) is 8.75 Å². The van der Waals surface area contributed by atoms with Gasteiger partial charge in [-0.2, -0.15) is 17.6 Å². The summed E-state index contributed by atoms with van der Waals surface area (Å²) in [6, 6.07) is 38.6. The van der Waals surface area contributed by atoms with E-state index >= 15 is 0 Å². The van der Waals surface area contributed by atoms with Crippen LogP contribution in [-0.4, -0.2) is 64.6 Å². The number of nitro benzene ring substituents is 3. The van der Waals surface area contributed by atoms with Gasteiger partial charge < -0.3 is 15.0 Å². The summed E-state index contributed by atoms with van der Waals surface area (Å²) in [6.07, 6.45) is 13.9. The second kappa shape index (κ2) is 38.2. The van der Waals surface area contributed by atoms with E-state index in [9.17, 15) is 47.9 Å². The summed E-state index contributed by atoms with van der Waals surface area (Å²) in [6.45, 7) is 14.9. The van der Waals surface area contributed by atoms with E-state index in [0.717, 1.165) is 85.9 Å². The quantitative estimate of drug-likeness (QED) is 0.0200. The van der Waals surface area contributed by atoms with E-state index < -0.39 is 40.3 Å². The molecule has 1 fully saturated rings. The van der Waals surface area contributed by atoms with Crippen LogP contribution < -0.4 is 13.4 Å². The first-order valence-electron chi connectivity index (χ1n) is 30.5. The van der Waals surface area contributed by atoms with Gasteiger partial charge in [-0.05, 0) is 176 Å². The zero-order valence-corrected chi connectivity index (χ0v) is 67.9. The van der Waals surface area contributed by atoms with Crippen LogP contribution in [0.25, 0.3) is 52.2 Å². The molecular formula is C67H67BBr2F4IN7O8S7Sn. The average Bonchev–Trinajstić information content (AvgIpc) is 1.59. The third-order valence-electron chi connectivity index (χ3n) is 15.5. The molecule has 98 heavy (non-hydrogen) atoms. The van der Waals surface area contributed by atoms with Crippen molar-refractivity contribution >= 4 is 190 Å². The maximum absolute atomic E-state index is 13.1. The molecule has 1 saturated heterocycles. The molecule has 1 aliphatic rings. The van der Waals surface area contributed by atoms with Crippen molar-refractivity contribution in [3.8, 4) is 52.2 Å². The third-order valence-corrected chi connectivity index (χ3v) is 41.6. The number of anilines is 1. The Kier molecular flexibility index (Phi) is 31.2. The van der Waals surface area contributed by atoms with Gasteiger partial charge in [0.15, 0.2) is 20.5 Å². The Morgan fingerprint density at radius 1 is 0.500 bits per heavy atom. The molecule has 0 radical (unpaired) electrons. The maximum Gasteiger partial charge on any atom is 0.283 e. The Hall–Kier alpha value is -5.24. The third kappa shape index (κ3) is 22.6. The minimum Gasteiger partial charge on any atom is -0.398 e. The molecule has 15 nitrogen and oxygen atoms in total. The van der Waals surface area contributed by atoms with Crippen molar-refractivity contribution in [3.05, 3.63) is 221 Å². The fraction of sp³-hybridized carbons (Fsp3) is 0.269. The van der Waals surface area contributed by atoms with Gasteiger partial charge in [-0.15, -0.1) is 45.3 Å². The molecule has 0 spiro atoms. The van der Waals surface area contributed by atoms with E-state index in [1.165, 1.54) is 110 Å². The Bertz CT molecular complexity index is 4340. The van der Waals surface area contributed by atoms with Crippen LogP contribution in [0.3, 0.4) is 0 Å². The van der Waals surface area contributed by atoms with Crippen molar-refractivity contribution in [2.75, 3.05) is 5.73 Å². The molecule has 0 saturated carbocycles. The predicted molar refractivity (Wildman–Crippen MR) is 417 cm³/mol. The molecule has 0 bridgehead atoms. The standard InChI is InChI=1S/C13H7FN2O2S2.C13H9FN2S2.C10H14BFO2S.C10H5BrFNO2S.C6H3BrINO2.3C4H9.C3H2NS.Sn/c14-13-4-3-12(19-13)9-2-1-8(7-10(9)16(17)18)11-5-6-15-20-11;14-13-4-3-12(17-13)9-2-1-8(7-10(9)15)11-5-6-16-18-11;1-9(2)10(3,4)14-11(13-9)7-5-6-8(12)15-7;11-6-1-2-7(8(5-6)13(14)15)9-3-4-10(12)16-9;7-4-1-2-5(8)6(3-4)9(10)11;3*1-3-4-2;1-2-4-5-3-1;/h1-7H;1-7H,15H2;5-6H,1-4H3;1-5H;1-3H;3*1,3-4H2,2H3;1-2H;. The number of benzene rings is 4. The second-order valence-electron chi connectivity index (χ2n) is 22.8. The van der Waals surface area contributed by atoms with Crippen LogP contribution in [0.5, 0.6) is 0 Å². The molecule has 0 aliphatic carbocycles. The maximum atomic E-state index is 13.1. The Morgan fingerprint density at radius 2 is 0.898 bits per heavy atom. The van der Waals surface area contributed by atoms with E-state index in [-0.39, 0.29) is 48.8 Å². The van der Waals surface area contributed by atoms with Gasteiger partial charge in [0.1, 0.15) is 0 Å². The van der Waals surface area contributed by atoms with E-state index in [0.29, 0.717) is 34.6 Å². The molecule has 11 aromatic rings. The number of thiophene rings is 4. The van der Waals surface area contributed by atoms with Crippen LogP contribution in [0.1, 0.15) is 87.0 Å². The zero-order chi connectivity index (χ0) is 71.3. The first-order chi connectivity index (χ1) is 46.7. The zero-order valence-electron chi connectivity index (χ0n) is 54.0. The van der Waals surface area contributed by atoms with E-state index in [1.807, 2.05) is 92.3 Å². The van der Waals surface area contributed by atoms with Gasteiger partial charge in [0.2, 0.25) is 0 Å². The minimum atomic E-state index is -2.08. The van der Waals surface area contributed by atoms with Crippen LogP contribution in [0.15, 0.2) is 167 Å². The topological polar surface area (TPSA) is 213 Å². The molecule has 8 heterocycles. The van der Waals surface area contributed by atoms with Crippen molar-refractivity contribution in [2.24, 2.45) is 0 Å². The predicted octanol–water partition coefficient (Wildman–Crippen LogP) is 23.4. The number of nitrogens with two attached hydrogens (primary N) is 1. The summed E-state index contributed by atoms with van der Waals surface area (Å²) in [7, 11) is -0.440. The fourth-order valence-corrected chi connectivity index (χ4v) is 34.2. The van der Waals surface area contributed by atoms with Crippen LogP contribution in [-0.2, 0) is 9.31 Å². The molecule has 516 valence electrons. The smallest absolute Gasteiger partial charge is 0.283 e. The van der Waals surface area contributed by atoms with Gasteiger partial charge in [-0.1, -0.05) is 50.1 Å². The monoisotopic (exact) mass is 1810 g/mol. The summed E-state index contributed by atoms with van der Waals surface area (Å²) in [5.41, 5.74) is 9.55. The van der Waals surface area contributed by atoms with Gasteiger partial charge in [0.25, 0.3) is 17.1 Å². The molecule has 0 atom stereocenters. The number of hydrogen-bond donors (Lipinski definition) is 1. The first-order valence-corrected chi connectivity index (χ1v) is 46.2. The van der Waals surface area contributed by atoms with E-state index in [4.69, 9.17) is 15.0 Å². The van der Waals surface area contributed by atoms with Gasteiger partial charge in [0.05, 0.1) is 50.4 Å². The van der Waals surface area contributed by atoms with Crippen molar-refractivity contribution < 1.29 is 41.6 Å². The van der Waals surface area contributed by atoms with Gasteiger partial charge in [-0.3, -0.25) is 30.3 Å². The van der Waals surface area contributed by atoms with E-state index in [2.05, 4.69) is 71.8 Å². The summed E-state index contributed by atoms with van der Waals surface area (Å²) < 4.78 is 85.1. The van der Waals surface area contributed by atoms with Crippen molar-refractivity contribution in [1.82, 2.24) is 13.1 Å². The normalized spacial score (nSPS) is 12.7. The minimum absolute atomic E-state index is 0.0299. The van der Waals surface area contributed by atoms with Crippen molar-refractivity contribution in [1.29, 1.82) is 0 Å². The summed E-state index contributed by atoms with van der Waals surface area (Å²) >= 11 is 14.7. The van der Waals surface area contributed by atoms with Crippen LogP contribution in [0.4, 0.5) is 40.3 Å². The SMILES string of the molecule is CC1(C)OB(c2ccc(F)s2)OC1(C)C.CCC[CH2][Sn]([CH2]CCC)([CH2]CCC)[c]1ccns1.Nc1cc(-c2ccns2)ccc1-c1ccc(F)s1.O=[N+]([O-])c1cc(-c2ccns2)ccc1-c1ccc(F)s1.O=[N+]([O-])c1cc(Br)ccc1-c1ccc(F)s1.O=[N+]([O-])c1cc(Br)ccc1I. The van der Waals surface area contributed by atoms with Crippen LogP contribution >= 0.6 is 134 Å². The number of rotatable bonds is 19. The van der Waals surface area contributed by atoms with Gasteiger partial charge in [0, 0.05) is 75.8 Å². The van der Waals surface area contributed by atoms with Crippen LogP contribution in [0.2, 0.25) is 13.3 Å². The molecule has 0 unspecified atom stereocenters. The van der Waals surface area contributed by atoms with E-state index in [1.54, 1.807) is 89.3 Å². The molecule has 31 heteroatoms. The summed E-state index contributed by atoms with van der Waals surface area (Å²) in [5.74, 6) is 0. The van der Waals surface area contributed by atoms with Gasteiger partial charge >= 0.3 is 129 Å². The Labute approximate surface area is 629 Å². The number of aromatic nitrogens is 3. The first kappa shape index (κ1) is 80.1. The number of halogens is 7. The fourth-order valence-electron chi connectivity index (χ4n) is 9.77. The number of hydrogen-bond acceptors (Lipinski definition) is 19. The summed E-state index contributed by atoms with van der Waals surface area (Å²) in [4.78, 5) is 35.0. The molecule has 4 aromatic carbocycles. The second-order valence-corrected chi connectivity index (χ2v) is 46.6. The molecular weight excluding hydrogens is 1750 g/mol. The molecule has 1 aliphatic heterocycles. The number of nitro groups is 3. The summed E-state index contributed by atoms with van der Waals surface area (Å²) in [5, 5.41) is 31.3. The Morgan fingerprint density at radius 3 is 1.29 bits per heavy atom. The van der Waals surface area contributed by atoms with Crippen LogP contribution in [0, 0.1) is 54.4 Å². The number of nitrogens with zero attached hydrogens (tertiary/aromatic N) is 6. The average molecular weight is 1820 g/mol. The number of nitrogen functional groups attached to an aromatic ring is 1. The molecule has 2 N–H and O–H groups in total. The molecule has 0 amide bonds. The Balaban J connectivity index is 0.000000167. The molecule has 12 rings (SSSR count). The van der Waals surface area contributed by atoms with Crippen molar-refractivity contribution in [3.63, 3.8) is 0 Å². The largest absolute Gasteiger partial charge is 0.398 e. The van der Waals surface area contributed by atoms with Crippen molar-refractivity contribution in [2.45, 2.75) is 112 Å². The molecule has 7 aromatic heterocycles. The number of unbranched alkanes of at least 4 members (excludes halogenated alkanes) is 3.